The number of rotatable bonds is 6. The zero-order chi connectivity index (χ0) is 14.4. The summed E-state index contributed by atoms with van der Waals surface area (Å²) in [6, 6.07) is 4.21. The summed E-state index contributed by atoms with van der Waals surface area (Å²) >= 11 is 0. The molecule has 0 aliphatic rings. The maximum Gasteiger partial charge on any atom is 0.328 e. The molecule has 0 aromatic heterocycles. The highest BCUT2D eigenvalue weighted by Gasteiger charge is 2.06. The van der Waals surface area contributed by atoms with Gasteiger partial charge in [-0.1, -0.05) is 6.07 Å². The molecular weight excluding hydrogens is 251 g/mol. The van der Waals surface area contributed by atoms with Crippen molar-refractivity contribution in [1.29, 1.82) is 0 Å². The zero-order valence-corrected chi connectivity index (χ0v) is 10.5. The summed E-state index contributed by atoms with van der Waals surface area (Å²) in [5, 5.41) is 8.52. The van der Waals surface area contributed by atoms with Crippen LogP contribution in [-0.4, -0.2) is 35.5 Å². The Morgan fingerprint density at radius 1 is 1.42 bits per heavy atom. The monoisotopic (exact) mass is 266 g/mol. The van der Waals surface area contributed by atoms with Gasteiger partial charge in [0.05, 0.1) is 6.54 Å². The summed E-state index contributed by atoms with van der Waals surface area (Å²) in [6.07, 6.45) is 2.24. The predicted molar refractivity (Wildman–Crippen MR) is 68.6 cm³/mol. The Bertz CT molecular complexity index is 515. The van der Waals surface area contributed by atoms with Gasteiger partial charge in [-0.15, -0.1) is 0 Å². The van der Waals surface area contributed by atoms with Gasteiger partial charge >= 0.3 is 5.97 Å². The summed E-state index contributed by atoms with van der Waals surface area (Å²) < 4.78 is 13.4. The van der Waals surface area contributed by atoms with E-state index in [1.807, 2.05) is 0 Å². The SMILES string of the molecule is CN(CC(N)=O)Cc1cc(F)cc(C=CC(=O)O)c1. The lowest BCUT2D eigenvalue weighted by molar-refractivity contribution is -0.131. The molecule has 0 aliphatic heterocycles. The number of primary amides is 1. The van der Waals surface area contributed by atoms with Crippen LogP contribution in [-0.2, 0) is 16.1 Å². The van der Waals surface area contributed by atoms with Gasteiger partial charge in [0, 0.05) is 12.6 Å². The first-order valence-corrected chi connectivity index (χ1v) is 5.54. The van der Waals surface area contributed by atoms with E-state index in [0.717, 1.165) is 6.08 Å². The van der Waals surface area contributed by atoms with E-state index in [-0.39, 0.29) is 6.54 Å². The van der Waals surface area contributed by atoms with Crippen LogP contribution in [0.4, 0.5) is 4.39 Å². The van der Waals surface area contributed by atoms with Crippen LogP contribution in [0.5, 0.6) is 0 Å². The maximum atomic E-state index is 13.4. The third-order valence-corrected chi connectivity index (χ3v) is 2.28. The Morgan fingerprint density at radius 2 is 2.11 bits per heavy atom. The minimum absolute atomic E-state index is 0.0663. The molecule has 5 nitrogen and oxygen atoms in total. The average molecular weight is 266 g/mol. The van der Waals surface area contributed by atoms with Crippen LogP contribution in [0.25, 0.3) is 6.08 Å². The fourth-order valence-corrected chi connectivity index (χ4v) is 1.66. The Hall–Kier alpha value is -2.21. The van der Waals surface area contributed by atoms with Gasteiger partial charge in [0.15, 0.2) is 0 Å². The molecule has 0 spiro atoms. The van der Waals surface area contributed by atoms with Gasteiger partial charge in [-0.2, -0.15) is 0 Å². The third-order valence-electron chi connectivity index (χ3n) is 2.28. The van der Waals surface area contributed by atoms with Gasteiger partial charge in [0.25, 0.3) is 0 Å². The van der Waals surface area contributed by atoms with E-state index >= 15 is 0 Å². The molecule has 6 heteroatoms. The van der Waals surface area contributed by atoms with Crippen molar-refractivity contribution in [2.75, 3.05) is 13.6 Å². The third kappa shape index (κ3) is 5.78. The molecule has 0 unspecified atom stereocenters. The lowest BCUT2D eigenvalue weighted by atomic mass is 10.1. The number of carboxylic acids is 1. The standard InChI is InChI=1S/C13H15FN2O3/c1-16(8-12(15)17)7-10-4-9(2-3-13(18)19)5-11(14)6-10/h2-6H,7-8H2,1H3,(H2,15,17)(H,18,19). The lowest BCUT2D eigenvalue weighted by Gasteiger charge is -2.14. The first-order valence-electron chi connectivity index (χ1n) is 5.54. The first-order chi connectivity index (χ1) is 8.86. The van der Waals surface area contributed by atoms with Crippen LogP contribution in [0.15, 0.2) is 24.3 Å². The van der Waals surface area contributed by atoms with Crippen molar-refractivity contribution < 1.29 is 19.1 Å². The number of benzene rings is 1. The zero-order valence-electron chi connectivity index (χ0n) is 10.5. The molecule has 0 fully saturated rings. The number of halogens is 1. The fourth-order valence-electron chi connectivity index (χ4n) is 1.66. The number of likely N-dealkylation sites (N-methyl/N-ethyl adjacent to an activating group) is 1. The highest BCUT2D eigenvalue weighted by molar-refractivity contribution is 5.85. The molecule has 1 amide bonds. The second-order valence-corrected chi connectivity index (χ2v) is 4.20. The van der Waals surface area contributed by atoms with Crippen LogP contribution >= 0.6 is 0 Å². The van der Waals surface area contributed by atoms with Gasteiger partial charge < -0.3 is 10.8 Å². The van der Waals surface area contributed by atoms with Gasteiger partial charge in [-0.05, 0) is 36.4 Å². The molecule has 0 aliphatic carbocycles. The molecule has 0 saturated heterocycles. The number of nitrogens with two attached hydrogens (primary N) is 1. The van der Waals surface area contributed by atoms with Crippen molar-refractivity contribution in [2.45, 2.75) is 6.54 Å². The number of aliphatic carboxylic acids is 1. The maximum absolute atomic E-state index is 13.4. The molecule has 0 heterocycles. The summed E-state index contributed by atoms with van der Waals surface area (Å²) in [4.78, 5) is 22.8. The van der Waals surface area contributed by atoms with E-state index in [1.165, 1.54) is 18.2 Å². The lowest BCUT2D eigenvalue weighted by Crippen LogP contribution is -2.30. The number of amides is 1. The number of carbonyl (C=O) groups excluding carboxylic acids is 1. The van der Waals surface area contributed by atoms with Gasteiger partial charge in [-0.25, -0.2) is 9.18 Å². The van der Waals surface area contributed by atoms with E-state index in [9.17, 15) is 14.0 Å². The number of nitrogens with zero attached hydrogens (tertiary/aromatic N) is 1. The first kappa shape index (κ1) is 14.8. The van der Waals surface area contributed by atoms with Crippen molar-refractivity contribution in [2.24, 2.45) is 5.73 Å². The largest absolute Gasteiger partial charge is 0.478 e. The highest BCUT2D eigenvalue weighted by atomic mass is 19.1. The molecule has 102 valence electrons. The number of carbonyl (C=O) groups is 2. The quantitative estimate of drug-likeness (QED) is 0.747. The summed E-state index contributed by atoms with van der Waals surface area (Å²) in [7, 11) is 1.68. The minimum Gasteiger partial charge on any atom is -0.478 e. The van der Waals surface area contributed by atoms with Gasteiger partial charge in [0.2, 0.25) is 5.91 Å². The van der Waals surface area contributed by atoms with Crippen LogP contribution in [0.2, 0.25) is 0 Å². The summed E-state index contributed by atoms with van der Waals surface area (Å²) in [5.74, 6) is -2.03. The molecule has 1 aromatic carbocycles. The van der Waals surface area contributed by atoms with E-state index in [0.29, 0.717) is 17.7 Å². The van der Waals surface area contributed by atoms with Crippen LogP contribution in [0.1, 0.15) is 11.1 Å². The molecule has 0 saturated carbocycles. The smallest absolute Gasteiger partial charge is 0.328 e. The number of hydrogen-bond acceptors (Lipinski definition) is 3. The van der Waals surface area contributed by atoms with Crippen molar-refractivity contribution in [3.8, 4) is 0 Å². The Kier molecular flexibility index (Phi) is 5.20. The second kappa shape index (κ2) is 6.65. The Labute approximate surface area is 110 Å². The molecule has 1 aromatic rings. The van der Waals surface area contributed by atoms with E-state index in [1.54, 1.807) is 18.0 Å². The van der Waals surface area contributed by atoms with Crippen LogP contribution in [0.3, 0.4) is 0 Å². The van der Waals surface area contributed by atoms with Crippen molar-refractivity contribution in [3.63, 3.8) is 0 Å². The Morgan fingerprint density at radius 3 is 2.68 bits per heavy atom. The van der Waals surface area contributed by atoms with Crippen LogP contribution < -0.4 is 5.73 Å². The number of hydrogen-bond donors (Lipinski definition) is 2. The van der Waals surface area contributed by atoms with Crippen molar-refractivity contribution in [3.05, 3.63) is 41.2 Å². The fraction of sp³-hybridized carbons (Fsp3) is 0.231. The average Bonchev–Trinajstić information content (AvgIpc) is 2.24. The molecule has 19 heavy (non-hydrogen) atoms. The molecule has 0 bridgehead atoms. The normalized spacial score (nSPS) is 11.1. The minimum atomic E-state index is -1.10. The van der Waals surface area contributed by atoms with E-state index in [2.05, 4.69) is 0 Å². The summed E-state index contributed by atoms with van der Waals surface area (Å²) in [5.41, 5.74) is 6.14. The molecule has 0 atom stereocenters. The summed E-state index contributed by atoms with van der Waals surface area (Å²) in [6.45, 7) is 0.408. The van der Waals surface area contributed by atoms with Crippen molar-refractivity contribution >= 4 is 18.0 Å². The highest BCUT2D eigenvalue weighted by Crippen LogP contribution is 2.12. The van der Waals surface area contributed by atoms with Gasteiger partial charge in [-0.3, -0.25) is 9.69 Å². The molecule has 1 rings (SSSR count). The van der Waals surface area contributed by atoms with E-state index in [4.69, 9.17) is 10.8 Å². The van der Waals surface area contributed by atoms with E-state index < -0.39 is 17.7 Å². The van der Waals surface area contributed by atoms with Crippen molar-refractivity contribution in [1.82, 2.24) is 4.90 Å². The molecule has 0 radical (unpaired) electrons. The predicted octanol–water partition coefficient (Wildman–Crippen LogP) is 0.841. The number of carboxylic acid groups (broad SMARTS) is 1. The van der Waals surface area contributed by atoms with Crippen LogP contribution in [0, 0.1) is 5.82 Å². The molecule has 3 N–H and O–H groups in total. The van der Waals surface area contributed by atoms with Gasteiger partial charge in [0.1, 0.15) is 5.82 Å². The second-order valence-electron chi connectivity index (χ2n) is 4.20. The molecular formula is C13H15FN2O3. The topological polar surface area (TPSA) is 83.6 Å². The Balaban J connectivity index is 2.84.